The Balaban J connectivity index is 0.00000120. The second kappa shape index (κ2) is 5.91. The molecule has 2 N–H and O–H groups in total. The van der Waals surface area contributed by atoms with Gasteiger partial charge in [-0.2, -0.15) is 18.3 Å². The Morgan fingerprint density at radius 2 is 1.89 bits per heavy atom. The molecule has 5 heterocycles. The summed E-state index contributed by atoms with van der Waals surface area (Å²) in [6.07, 6.45) is -0.780. The summed E-state index contributed by atoms with van der Waals surface area (Å²) in [5.41, 5.74) is -0.307. The number of nitrogens with one attached hydrogen (secondary N) is 2. The van der Waals surface area contributed by atoms with Crippen molar-refractivity contribution in [3.05, 3.63) is 36.0 Å². The molecule has 5 rings (SSSR count). The van der Waals surface area contributed by atoms with Crippen LogP contribution in [0.15, 0.2) is 30.5 Å². The number of pyridine rings is 2. The number of nitrogens with zero attached hydrogens (tertiary/aromatic N) is 4. The van der Waals surface area contributed by atoms with Crippen molar-refractivity contribution in [1.82, 2.24) is 25.5 Å². The molecule has 9 heteroatoms. The molecule has 2 aliphatic heterocycles. The summed E-state index contributed by atoms with van der Waals surface area (Å²) in [7, 11) is 0. The number of anilines is 1. The van der Waals surface area contributed by atoms with Crippen LogP contribution in [0.1, 0.15) is 21.3 Å². The maximum Gasteiger partial charge on any atom is 0.418 e. The fraction of sp³-hybridized carbons (Fsp3) is 0.389. The summed E-state index contributed by atoms with van der Waals surface area (Å²) in [5.74, 6) is 0.558. The lowest BCUT2D eigenvalue weighted by Gasteiger charge is -2.34. The van der Waals surface area contributed by atoms with Gasteiger partial charge in [0.2, 0.25) is 0 Å². The van der Waals surface area contributed by atoms with Crippen molar-refractivity contribution in [2.45, 2.75) is 31.1 Å². The van der Waals surface area contributed by atoms with Crippen LogP contribution >= 0.6 is 0 Å². The highest BCUT2D eigenvalue weighted by Gasteiger charge is 2.37. The standard InChI is InChI=1S/C18H17F3N6.2H2/c19-18(20,21)13-5-6-14(27-8-10-3-4-11(9-27)23-10)24-16(13)15-12-2-1-7-22-17(12)26-25-15;;/h1-2,5-7,10-11,23H,3-4,8-9H2,(H,22,25,26);2*1H. The van der Waals surface area contributed by atoms with E-state index in [1.807, 2.05) is 0 Å². The first-order valence-electron chi connectivity index (χ1n) is 8.88. The zero-order valence-corrected chi connectivity index (χ0v) is 14.3. The molecule has 3 aromatic rings. The van der Waals surface area contributed by atoms with E-state index in [2.05, 4.69) is 30.4 Å². The van der Waals surface area contributed by atoms with Gasteiger partial charge in [-0.15, -0.1) is 0 Å². The maximum absolute atomic E-state index is 13.6. The smallest absolute Gasteiger partial charge is 0.353 e. The van der Waals surface area contributed by atoms with Crippen LogP contribution in [0.2, 0.25) is 0 Å². The molecule has 0 aliphatic carbocycles. The Labute approximate surface area is 155 Å². The lowest BCUT2D eigenvalue weighted by Crippen LogP contribution is -2.51. The van der Waals surface area contributed by atoms with E-state index in [0.717, 1.165) is 32.0 Å². The number of halogens is 3. The van der Waals surface area contributed by atoms with Gasteiger partial charge in [-0.3, -0.25) is 5.10 Å². The number of aromatic nitrogens is 4. The fourth-order valence-electron chi connectivity index (χ4n) is 4.06. The van der Waals surface area contributed by atoms with E-state index in [-0.39, 0.29) is 14.2 Å². The summed E-state index contributed by atoms with van der Waals surface area (Å²) >= 11 is 0. The van der Waals surface area contributed by atoms with Crippen LogP contribution in [0.4, 0.5) is 19.0 Å². The molecule has 6 nitrogen and oxygen atoms in total. The molecule has 0 spiro atoms. The van der Waals surface area contributed by atoms with E-state index in [1.165, 1.54) is 6.07 Å². The average Bonchev–Trinajstić information content (AvgIpc) is 3.23. The van der Waals surface area contributed by atoms with E-state index in [4.69, 9.17) is 0 Å². The minimum absolute atomic E-state index is 0. The number of aromatic amines is 1. The van der Waals surface area contributed by atoms with E-state index in [1.54, 1.807) is 18.3 Å². The van der Waals surface area contributed by atoms with Crippen molar-refractivity contribution >= 4 is 16.9 Å². The van der Waals surface area contributed by atoms with E-state index in [9.17, 15) is 13.2 Å². The number of hydrogen-bond acceptors (Lipinski definition) is 5. The predicted octanol–water partition coefficient (Wildman–Crippen LogP) is 3.47. The van der Waals surface area contributed by atoms with Crippen molar-refractivity contribution in [2.75, 3.05) is 18.0 Å². The van der Waals surface area contributed by atoms with Gasteiger partial charge in [0.1, 0.15) is 11.5 Å². The summed E-state index contributed by atoms with van der Waals surface area (Å²) < 4.78 is 40.9. The minimum Gasteiger partial charge on any atom is -0.353 e. The van der Waals surface area contributed by atoms with Gasteiger partial charge in [-0.1, -0.05) is 0 Å². The van der Waals surface area contributed by atoms with Gasteiger partial charge in [0.15, 0.2) is 5.65 Å². The molecule has 2 atom stereocenters. The zero-order valence-electron chi connectivity index (χ0n) is 14.3. The molecule has 2 aliphatic rings. The van der Waals surface area contributed by atoms with Crippen LogP contribution in [0, 0.1) is 0 Å². The zero-order chi connectivity index (χ0) is 18.6. The lowest BCUT2D eigenvalue weighted by atomic mass is 10.1. The van der Waals surface area contributed by atoms with Crippen LogP contribution in [0.25, 0.3) is 22.4 Å². The molecule has 3 aromatic heterocycles. The number of piperazine rings is 1. The average molecular weight is 378 g/mol. The van der Waals surface area contributed by atoms with Crippen molar-refractivity contribution in [3.8, 4) is 11.4 Å². The monoisotopic (exact) mass is 378 g/mol. The molecule has 0 aromatic carbocycles. The number of rotatable bonds is 2. The SMILES string of the molecule is FC(F)(F)c1ccc(N2CC3CCC(C2)N3)nc1-c1[nH]nc2ncccc12.[HH].[HH]. The second-order valence-corrected chi connectivity index (χ2v) is 7.08. The Morgan fingerprint density at radius 1 is 1.11 bits per heavy atom. The van der Waals surface area contributed by atoms with Gasteiger partial charge in [0.25, 0.3) is 0 Å². The topological polar surface area (TPSA) is 69.7 Å². The molecule has 2 bridgehead atoms. The lowest BCUT2D eigenvalue weighted by molar-refractivity contribution is -0.137. The van der Waals surface area contributed by atoms with Crippen LogP contribution in [0.3, 0.4) is 0 Å². The normalized spacial score (nSPS) is 22.6. The van der Waals surface area contributed by atoms with Gasteiger partial charge >= 0.3 is 6.18 Å². The Bertz CT molecular complexity index is 997. The molecule has 2 saturated heterocycles. The first kappa shape index (κ1) is 16.5. The fourth-order valence-corrected chi connectivity index (χ4v) is 4.06. The maximum atomic E-state index is 13.6. The van der Waals surface area contributed by atoms with Crippen LogP contribution in [0.5, 0.6) is 0 Å². The van der Waals surface area contributed by atoms with E-state index >= 15 is 0 Å². The number of hydrogen-bond donors (Lipinski definition) is 2. The largest absolute Gasteiger partial charge is 0.418 e. The molecule has 27 heavy (non-hydrogen) atoms. The first-order chi connectivity index (χ1) is 13.0. The summed E-state index contributed by atoms with van der Waals surface area (Å²) in [6, 6.07) is 6.69. The van der Waals surface area contributed by atoms with Crippen molar-refractivity contribution in [2.24, 2.45) is 0 Å². The summed E-state index contributed by atoms with van der Waals surface area (Å²) in [5, 5.41) is 10.8. The molecule has 0 radical (unpaired) electrons. The quantitative estimate of drug-likeness (QED) is 0.715. The van der Waals surface area contributed by atoms with Gasteiger partial charge in [0.05, 0.1) is 11.3 Å². The summed E-state index contributed by atoms with van der Waals surface area (Å²) in [4.78, 5) is 10.6. The molecular weight excluding hydrogens is 357 g/mol. The second-order valence-electron chi connectivity index (χ2n) is 7.08. The highest BCUT2D eigenvalue weighted by Crippen LogP contribution is 2.38. The molecule has 144 valence electrons. The molecular formula is C18H21F3N6. The van der Waals surface area contributed by atoms with E-state index < -0.39 is 11.7 Å². The minimum atomic E-state index is -4.51. The Hall–Kier alpha value is -2.68. The number of fused-ring (bicyclic) bond motifs is 3. The third kappa shape index (κ3) is 2.82. The molecule has 0 amide bonds. The number of H-pyrrole nitrogens is 1. The van der Waals surface area contributed by atoms with Crippen molar-refractivity contribution in [3.63, 3.8) is 0 Å². The molecule has 2 fully saturated rings. The Morgan fingerprint density at radius 3 is 2.63 bits per heavy atom. The predicted molar refractivity (Wildman–Crippen MR) is 98.5 cm³/mol. The third-order valence-electron chi connectivity index (χ3n) is 5.29. The van der Waals surface area contributed by atoms with Crippen LogP contribution < -0.4 is 10.2 Å². The van der Waals surface area contributed by atoms with Crippen molar-refractivity contribution < 1.29 is 16.0 Å². The van der Waals surface area contributed by atoms with E-state index in [0.29, 0.717) is 28.9 Å². The molecule has 0 saturated carbocycles. The van der Waals surface area contributed by atoms with Gasteiger partial charge in [-0.05, 0) is 37.1 Å². The van der Waals surface area contributed by atoms with Gasteiger partial charge < -0.3 is 10.2 Å². The molecule has 2 unspecified atom stereocenters. The van der Waals surface area contributed by atoms with Crippen molar-refractivity contribution in [1.29, 1.82) is 0 Å². The summed E-state index contributed by atoms with van der Waals surface area (Å²) in [6.45, 7) is 1.50. The highest BCUT2D eigenvalue weighted by molar-refractivity contribution is 5.90. The van der Waals surface area contributed by atoms with Crippen LogP contribution in [-0.4, -0.2) is 45.3 Å². The highest BCUT2D eigenvalue weighted by atomic mass is 19.4. The first-order valence-corrected chi connectivity index (χ1v) is 8.88. The number of alkyl halides is 3. The van der Waals surface area contributed by atoms with Crippen LogP contribution in [-0.2, 0) is 6.18 Å². The Kier molecular flexibility index (Phi) is 3.61. The van der Waals surface area contributed by atoms with Gasteiger partial charge in [-0.25, -0.2) is 9.97 Å². The van der Waals surface area contributed by atoms with Gasteiger partial charge in [0, 0.05) is 39.6 Å². The third-order valence-corrected chi connectivity index (χ3v) is 5.29.